The standard InChI is InChI=1S/C15H24O/c1-11(2)13-8-9-15(16)14(10-13)12-6-4-3-5-7-12/h4,6,11-14H,3,5,7-10H2,1-2H3. The number of hydrogen-bond acceptors (Lipinski definition) is 1. The van der Waals surface area contributed by atoms with Gasteiger partial charge in [-0.15, -0.1) is 0 Å². The summed E-state index contributed by atoms with van der Waals surface area (Å²) in [6.45, 7) is 4.60. The number of rotatable bonds is 2. The van der Waals surface area contributed by atoms with E-state index in [-0.39, 0.29) is 0 Å². The smallest absolute Gasteiger partial charge is 0.136 e. The molecular weight excluding hydrogens is 196 g/mol. The van der Waals surface area contributed by atoms with E-state index >= 15 is 0 Å². The lowest BCUT2D eigenvalue weighted by atomic mass is 9.69. The molecule has 0 aromatic carbocycles. The van der Waals surface area contributed by atoms with Crippen LogP contribution in [0.25, 0.3) is 0 Å². The zero-order chi connectivity index (χ0) is 11.5. The summed E-state index contributed by atoms with van der Waals surface area (Å²) >= 11 is 0. The maximum atomic E-state index is 12.0. The van der Waals surface area contributed by atoms with Crippen molar-refractivity contribution in [2.45, 2.75) is 52.4 Å². The van der Waals surface area contributed by atoms with Gasteiger partial charge in [0.1, 0.15) is 5.78 Å². The Labute approximate surface area is 99.3 Å². The quantitative estimate of drug-likeness (QED) is 0.643. The molecule has 2 aliphatic carbocycles. The predicted octanol–water partition coefficient (Wildman–Crippen LogP) is 3.98. The molecule has 90 valence electrons. The monoisotopic (exact) mass is 220 g/mol. The van der Waals surface area contributed by atoms with Crippen LogP contribution in [0.1, 0.15) is 52.4 Å². The fraction of sp³-hybridized carbons (Fsp3) is 0.800. The molecule has 0 aromatic heterocycles. The van der Waals surface area contributed by atoms with E-state index in [2.05, 4.69) is 26.0 Å². The minimum atomic E-state index is 0.345. The summed E-state index contributed by atoms with van der Waals surface area (Å²) in [6, 6.07) is 0. The van der Waals surface area contributed by atoms with Crippen molar-refractivity contribution >= 4 is 5.78 Å². The maximum absolute atomic E-state index is 12.0. The van der Waals surface area contributed by atoms with Gasteiger partial charge >= 0.3 is 0 Å². The van der Waals surface area contributed by atoms with Crippen molar-refractivity contribution in [3.05, 3.63) is 12.2 Å². The largest absolute Gasteiger partial charge is 0.299 e. The van der Waals surface area contributed by atoms with Crippen molar-refractivity contribution in [2.75, 3.05) is 0 Å². The predicted molar refractivity (Wildman–Crippen MR) is 67.2 cm³/mol. The average Bonchev–Trinajstić information content (AvgIpc) is 2.30. The van der Waals surface area contributed by atoms with Crippen LogP contribution in [0.15, 0.2) is 12.2 Å². The molecule has 16 heavy (non-hydrogen) atoms. The lowest BCUT2D eigenvalue weighted by Gasteiger charge is -2.35. The molecule has 0 spiro atoms. The Morgan fingerprint density at radius 3 is 2.75 bits per heavy atom. The molecule has 2 rings (SSSR count). The van der Waals surface area contributed by atoms with Gasteiger partial charge in [-0.1, -0.05) is 26.0 Å². The van der Waals surface area contributed by atoms with Crippen molar-refractivity contribution in [1.29, 1.82) is 0 Å². The van der Waals surface area contributed by atoms with Crippen LogP contribution in [-0.4, -0.2) is 5.78 Å². The van der Waals surface area contributed by atoms with Crippen LogP contribution in [0.5, 0.6) is 0 Å². The van der Waals surface area contributed by atoms with E-state index in [9.17, 15) is 4.79 Å². The number of carbonyl (C=O) groups is 1. The summed E-state index contributed by atoms with van der Waals surface area (Å²) in [5.41, 5.74) is 0. The first kappa shape index (κ1) is 11.9. The van der Waals surface area contributed by atoms with E-state index < -0.39 is 0 Å². The molecule has 0 N–H and O–H groups in total. The Morgan fingerprint density at radius 1 is 1.31 bits per heavy atom. The summed E-state index contributed by atoms with van der Waals surface area (Å²) in [6.07, 6.45) is 11.4. The third-order valence-electron chi connectivity index (χ3n) is 4.48. The van der Waals surface area contributed by atoms with Crippen LogP contribution in [0, 0.1) is 23.7 Å². The molecule has 1 saturated carbocycles. The second-order valence-corrected chi connectivity index (χ2v) is 5.87. The number of hydrogen-bond donors (Lipinski definition) is 0. The van der Waals surface area contributed by atoms with E-state index in [1.807, 2.05) is 0 Å². The molecule has 1 fully saturated rings. The SMILES string of the molecule is CC(C)C1CCC(=O)C(C2C=CCCC2)C1. The highest BCUT2D eigenvalue weighted by molar-refractivity contribution is 5.82. The summed E-state index contributed by atoms with van der Waals surface area (Å²) in [7, 11) is 0. The van der Waals surface area contributed by atoms with Gasteiger partial charge in [-0.3, -0.25) is 4.79 Å². The Bertz CT molecular complexity index is 277. The van der Waals surface area contributed by atoms with Gasteiger partial charge in [0.15, 0.2) is 0 Å². The molecule has 0 bridgehead atoms. The van der Waals surface area contributed by atoms with Gasteiger partial charge in [0.05, 0.1) is 0 Å². The topological polar surface area (TPSA) is 17.1 Å². The van der Waals surface area contributed by atoms with Crippen molar-refractivity contribution in [2.24, 2.45) is 23.7 Å². The van der Waals surface area contributed by atoms with Crippen LogP contribution >= 0.6 is 0 Å². The summed E-state index contributed by atoms with van der Waals surface area (Å²) in [5.74, 6) is 2.95. The molecule has 0 radical (unpaired) electrons. The minimum absolute atomic E-state index is 0.345. The van der Waals surface area contributed by atoms with Crippen LogP contribution in [0.2, 0.25) is 0 Å². The molecule has 1 nitrogen and oxygen atoms in total. The highest BCUT2D eigenvalue weighted by Gasteiger charge is 2.34. The van der Waals surface area contributed by atoms with Crippen LogP contribution in [-0.2, 0) is 4.79 Å². The van der Waals surface area contributed by atoms with E-state index in [1.54, 1.807) is 0 Å². The molecule has 0 aromatic rings. The molecule has 2 aliphatic rings. The summed E-state index contributed by atoms with van der Waals surface area (Å²) < 4.78 is 0. The third-order valence-corrected chi connectivity index (χ3v) is 4.48. The zero-order valence-corrected chi connectivity index (χ0v) is 10.6. The van der Waals surface area contributed by atoms with E-state index in [4.69, 9.17) is 0 Å². The number of ketones is 1. The lowest BCUT2D eigenvalue weighted by molar-refractivity contribution is -0.127. The van der Waals surface area contributed by atoms with Crippen LogP contribution < -0.4 is 0 Å². The van der Waals surface area contributed by atoms with E-state index in [0.29, 0.717) is 17.6 Å². The van der Waals surface area contributed by atoms with Gasteiger partial charge in [0.2, 0.25) is 0 Å². The van der Waals surface area contributed by atoms with Crippen molar-refractivity contribution in [1.82, 2.24) is 0 Å². The first-order chi connectivity index (χ1) is 7.68. The molecule has 3 atom stereocenters. The number of Topliss-reactive ketones (excluding diaryl/α,β-unsaturated/α-hetero) is 1. The molecule has 0 saturated heterocycles. The van der Waals surface area contributed by atoms with Gasteiger partial charge < -0.3 is 0 Å². The molecule has 0 heterocycles. The average molecular weight is 220 g/mol. The van der Waals surface area contributed by atoms with Crippen molar-refractivity contribution < 1.29 is 4.79 Å². The molecule has 0 aliphatic heterocycles. The highest BCUT2D eigenvalue weighted by atomic mass is 16.1. The Morgan fingerprint density at radius 2 is 2.12 bits per heavy atom. The van der Waals surface area contributed by atoms with Crippen molar-refractivity contribution in [3.8, 4) is 0 Å². The Hall–Kier alpha value is -0.590. The van der Waals surface area contributed by atoms with Gasteiger partial charge in [0, 0.05) is 12.3 Å². The molecule has 3 unspecified atom stereocenters. The highest BCUT2D eigenvalue weighted by Crippen LogP contribution is 2.38. The fourth-order valence-corrected chi connectivity index (χ4v) is 3.28. The van der Waals surface area contributed by atoms with Crippen LogP contribution in [0.3, 0.4) is 0 Å². The Balaban J connectivity index is 2.03. The second kappa shape index (κ2) is 5.16. The number of allylic oxidation sites excluding steroid dienone is 2. The fourth-order valence-electron chi connectivity index (χ4n) is 3.28. The lowest BCUT2D eigenvalue weighted by Crippen LogP contribution is -2.32. The zero-order valence-electron chi connectivity index (χ0n) is 10.6. The summed E-state index contributed by atoms with van der Waals surface area (Å²) in [4.78, 5) is 12.0. The Kier molecular flexibility index (Phi) is 3.83. The van der Waals surface area contributed by atoms with E-state index in [1.165, 1.54) is 19.3 Å². The number of carbonyl (C=O) groups excluding carboxylic acids is 1. The third kappa shape index (κ3) is 2.56. The van der Waals surface area contributed by atoms with Gasteiger partial charge in [-0.05, 0) is 49.9 Å². The van der Waals surface area contributed by atoms with Gasteiger partial charge in [0.25, 0.3) is 0 Å². The molecule has 0 amide bonds. The second-order valence-electron chi connectivity index (χ2n) is 5.87. The molecule has 1 heteroatoms. The molecular formula is C15H24O. The van der Waals surface area contributed by atoms with Crippen molar-refractivity contribution in [3.63, 3.8) is 0 Å². The normalized spacial score (nSPS) is 35.7. The first-order valence-electron chi connectivity index (χ1n) is 6.88. The van der Waals surface area contributed by atoms with Gasteiger partial charge in [-0.25, -0.2) is 0 Å². The first-order valence-corrected chi connectivity index (χ1v) is 6.88. The summed E-state index contributed by atoms with van der Waals surface area (Å²) in [5, 5.41) is 0. The van der Waals surface area contributed by atoms with Gasteiger partial charge in [-0.2, -0.15) is 0 Å². The van der Waals surface area contributed by atoms with E-state index in [0.717, 1.165) is 31.1 Å². The minimum Gasteiger partial charge on any atom is -0.299 e. The van der Waals surface area contributed by atoms with Crippen LogP contribution in [0.4, 0.5) is 0 Å². The maximum Gasteiger partial charge on any atom is 0.136 e.